The molecule has 0 aromatic rings. The summed E-state index contributed by atoms with van der Waals surface area (Å²) in [6.07, 6.45) is 1.01. The lowest BCUT2D eigenvalue weighted by molar-refractivity contribution is -0.721. The summed E-state index contributed by atoms with van der Waals surface area (Å²) in [6, 6.07) is 0. The quantitative estimate of drug-likeness (QED) is 0.461. The summed E-state index contributed by atoms with van der Waals surface area (Å²) >= 11 is 0. The third kappa shape index (κ3) is 2.30. The van der Waals surface area contributed by atoms with Crippen molar-refractivity contribution in [3.63, 3.8) is 0 Å². The first-order valence-electron chi connectivity index (χ1n) is 2.78. The predicted molar refractivity (Wildman–Crippen MR) is 31.4 cm³/mol. The van der Waals surface area contributed by atoms with Gasteiger partial charge in [0.25, 0.3) is 10.1 Å². The van der Waals surface area contributed by atoms with Crippen LogP contribution in [0.3, 0.4) is 0 Å². The fourth-order valence-corrected chi connectivity index (χ4v) is 1.28. The van der Waals surface area contributed by atoms with E-state index in [2.05, 4.69) is 4.18 Å². The molecule has 0 aromatic heterocycles. The van der Waals surface area contributed by atoms with Gasteiger partial charge in [-0.1, -0.05) is 0 Å². The lowest BCUT2D eigenvalue weighted by Gasteiger charge is -2.20. The van der Waals surface area contributed by atoms with Gasteiger partial charge >= 0.3 is 0 Å². The number of hydrogen-bond donors (Lipinski definition) is 1. The average Bonchev–Trinajstić information content (AvgIpc) is 1.53. The van der Waals surface area contributed by atoms with Crippen LogP contribution in [0.2, 0.25) is 0 Å². The monoisotopic (exact) mass is 152 g/mol. The van der Waals surface area contributed by atoms with E-state index >= 15 is 0 Å². The zero-order valence-electron chi connectivity index (χ0n) is 5.20. The standard InChI is InChI=1S/C4H9NO3S/c1-9(6,7)8-4-2-5-3-4/h4-5H,2-3H2,1H3/p+1. The van der Waals surface area contributed by atoms with Gasteiger partial charge in [0.15, 0.2) is 6.10 Å². The third-order valence-corrected chi connectivity index (χ3v) is 1.79. The fraction of sp³-hybridized carbons (Fsp3) is 1.00. The molecule has 4 nitrogen and oxygen atoms in total. The largest absolute Gasteiger partial charge is 0.341 e. The number of hydrogen-bond acceptors (Lipinski definition) is 3. The molecule has 1 saturated heterocycles. The van der Waals surface area contributed by atoms with Gasteiger partial charge in [0.05, 0.1) is 6.26 Å². The SMILES string of the molecule is CS(=O)(=O)OC1C[NH2+]C1. The molecule has 2 N–H and O–H groups in total. The molecule has 1 aliphatic heterocycles. The van der Waals surface area contributed by atoms with Crippen molar-refractivity contribution < 1.29 is 17.9 Å². The van der Waals surface area contributed by atoms with Crippen LogP contribution in [0.15, 0.2) is 0 Å². The van der Waals surface area contributed by atoms with Gasteiger partial charge in [0.2, 0.25) is 0 Å². The second kappa shape index (κ2) is 2.24. The van der Waals surface area contributed by atoms with Crippen molar-refractivity contribution in [3.05, 3.63) is 0 Å². The molecule has 9 heavy (non-hydrogen) atoms. The fourth-order valence-electron chi connectivity index (χ4n) is 0.629. The molecule has 0 bridgehead atoms. The zero-order valence-corrected chi connectivity index (χ0v) is 6.02. The van der Waals surface area contributed by atoms with Crippen LogP contribution in [0.4, 0.5) is 0 Å². The van der Waals surface area contributed by atoms with Crippen LogP contribution in [0.5, 0.6) is 0 Å². The van der Waals surface area contributed by atoms with Gasteiger partial charge in [-0.05, 0) is 0 Å². The predicted octanol–water partition coefficient (Wildman–Crippen LogP) is -2.09. The normalized spacial score (nSPS) is 21.4. The Morgan fingerprint density at radius 3 is 2.22 bits per heavy atom. The first-order valence-corrected chi connectivity index (χ1v) is 4.59. The second-order valence-electron chi connectivity index (χ2n) is 2.18. The summed E-state index contributed by atoms with van der Waals surface area (Å²) in [5.74, 6) is 0. The molecular weight excluding hydrogens is 142 g/mol. The molecule has 54 valence electrons. The van der Waals surface area contributed by atoms with Crippen LogP contribution >= 0.6 is 0 Å². The van der Waals surface area contributed by atoms with Gasteiger partial charge in [-0.3, -0.25) is 4.18 Å². The third-order valence-electron chi connectivity index (χ3n) is 1.17. The Morgan fingerprint density at radius 2 is 2.11 bits per heavy atom. The summed E-state index contributed by atoms with van der Waals surface area (Å²) < 4.78 is 25.4. The van der Waals surface area contributed by atoms with Crippen LogP contribution in [0, 0.1) is 0 Å². The molecular formula is C4H10NO3S+. The van der Waals surface area contributed by atoms with Crippen molar-refractivity contribution in [3.8, 4) is 0 Å². The Hall–Kier alpha value is -0.130. The summed E-state index contributed by atoms with van der Waals surface area (Å²) in [5, 5.41) is 2.00. The highest BCUT2D eigenvalue weighted by Crippen LogP contribution is 1.95. The maximum Gasteiger partial charge on any atom is 0.265 e. The van der Waals surface area contributed by atoms with Crippen LogP contribution in [-0.2, 0) is 14.3 Å². The van der Waals surface area contributed by atoms with Crippen molar-refractivity contribution in [2.24, 2.45) is 0 Å². The van der Waals surface area contributed by atoms with E-state index < -0.39 is 10.1 Å². The Balaban J connectivity index is 2.33. The molecule has 0 aliphatic carbocycles. The number of nitrogens with two attached hydrogens (primary N) is 1. The van der Waals surface area contributed by atoms with E-state index in [4.69, 9.17) is 0 Å². The highest BCUT2D eigenvalue weighted by Gasteiger charge is 2.26. The smallest absolute Gasteiger partial charge is 0.265 e. The highest BCUT2D eigenvalue weighted by molar-refractivity contribution is 7.86. The minimum absolute atomic E-state index is 0.0694. The minimum Gasteiger partial charge on any atom is -0.341 e. The number of rotatable bonds is 2. The minimum atomic E-state index is -3.20. The molecule has 0 unspecified atom stereocenters. The van der Waals surface area contributed by atoms with Gasteiger partial charge in [-0.2, -0.15) is 8.42 Å². The lowest BCUT2D eigenvalue weighted by atomic mass is 10.2. The molecule has 1 rings (SSSR count). The summed E-state index contributed by atoms with van der Waals surface area (Å²) in [5.41, 5.74) is 0. The van der Waals surface area contributed by atoms with E-state index in [9.17, 15) is 8.42 Å². The van der Waals surface area contributed by atoms with Crippen LogP contribution in [0.1, 0.15) is 0 Å². The highest BCUT2D eigenvalue weighted by atomic mass is 32.2. The maximum absolute atomic E-state index is 10.4. The second-order valence-corrected chi connectivity index (χ2v) is 3.78. The van der Waals surface area contributed by atoms with E-state index in [1.807, 2.05) is 5.32 Å². The topological polar surface area (TPSA) is 60.0 Å². The van der Waals surface area contributed by atoms with Crippen molar-refractivity contribution in [1.82, 2.24) is 0 Å². The van der Waals surface area contributed by atoms with E-state index in [-0.39, 0.29) is 6.10 Å². The molecule has 0 spiro atoms. The van der Waals surface area contributed by atoms with E-state index in [1.54, 1.807) is 0 Å². The van der Waals surface area contributed by atoms with E-state index in [0.29, 0.717) is 0 Å². The molecule has 0 radical (unpaired) electrons. The first kappa shape index (κ1) is 6.98. The van der Waals surface area contributed by atoms with Gasteiger partial charge in [-0.25, -0.2) is 0 Å². The Morgan fingerprint density at radius 1 is 1.56 bits per heavy atom. The summed E-state index contributed by atoms with van der Waals surface area (Å²) in [6.45, 7) is 1.54. The molecule has 0 saturated carbocycles. The number of quaternary nitrogens is 1. The van der Waals surface area contributed by atoms with Crippen molar-refractivity contribution in [2.75, 3.05) is 19.3 Å². The summed E-state index contributed by atoms with van der Waals surface area (Å²) in [7, 11) is -3.20. The molecule has 0 atom stereocenters. The molecule has 1 fully saturated rings. The zero-order chi connectivity index (χ0) is 6.91. The van der Waals surface area contributed by atoms with Crippen molar-refractivity contribution in [2.45, 2.75) is 6.10 Å². The Labute approximate surface area is 54.3 Å². The molecule has 1 heterocycles. The van der Waals surface area contributed by atoms with Crippen LogP contribution < -0.4 is 5.32 Å². The molecule has 1 aliphatic rings. The van der Waals surface area contributed by atoms with E-state index in [0.717, 1.165) is 19.3 Å². The van der Waals surface area contributed by atoms with Gasteiger partial charge < -0.3 is 5.32 Å². The lowest BCUT2D eigenvalue weighted by Crippen LogP contribution is -2.98. The Kier molecular flexibility index (Phi) is 1.74. The van der Waals surface area contributed by atoms with E-state index in [1.165, 1.54) is 0 Å². The summed E-state index contributed by atoms with van der Waals surface area (Å²) in [4.78, 5) is 0. The average molecular weight is 152 g/mol. The molecule has 5 heteroatoms. The van der Waals surface area contributed by atoms with Gasteiger partial charge in [0, 0.05) is 0 Å². The molecule has 0 amide bonds. The Bertz CT molecular complexity index is 182. The molecule has 0 aromatic carbocycles. The van der Waals surface area contributed by atoms with Gasteiger partial charge in [0.1, 0.15) is 13.1 Å². The van der Waals surface area contributed by atoms with Crippen molar-refractivity contribution in [1.29, 1.82) is 0 Å². The van der Waals surface area contributed by atoms with Gasteiger partial charge in [-0.15, -0.1) is 0 Å². The van der Waals surface area contributed by atoms with Crippen LogP contribution in [0.25, 0.3) is 0 Å². The maximum atomic E-state index is 10.4. The van der Waals surface area contributed by atoms with Crippen LogP contribution in [-0.4, -0.2) is 33.9 Å². The first-order chi connectivity index (χ1) is 4.08. The van der Waals surface area contributed by atoms with Crippen molar-refractivity contribution >= 4 is 10.1 Å².